The van der Waals surface area contributed by atoms with Crippen LogP contribution in [0.15, 0.2) is 0 Å². The fourth-order valence-electron chi connectivity index (χ4n) is 0.625. The summed E-state index contributed by atoms with van der Waals surface area (Å²) in [5, 5.41) is 26.7. The normalized spacial score (nSPS) is 18.8. The summed E-state index contributed by atoms with van der Waals surface area (Å²) in [6, 6.07) is 0. The molecule has 2 atom stereocenters. The van der Waals surface area contributed by atoms with Gasteiger partial charge in [-0.2, -0.15) is 0 Å². The van der Waals surface area contributed by atoms with Gasteiger partial charge in [0.15, 0.2) is 0 Å². The molecule has 12 heavy (non-hydrogen) atoms. The van der Waals surface area contributed by atoms with Crippen LogP contribution >= 0.6 is 0 Å². The van der Waals surface area contributed by atoms with Gasteiger partial charge in [0, 0.05) is 13.0 Å². The van der Waals surface area contributed by atoms with Crippen LogP contribution in [0.5, 0.6) is 0 Å². The van der Waals surface area contributed by atoms with Crippen molar-refractivity contribution in [3.05, 3.63) is 0 Å². The van der Waals surface area contributed by atoms with Crippen LogP contribution in [-0.2, 0) is 4.74 Å². The molecule has 74 valence electrons. The van der Waals surface area contributed by atoms with Gasteiger partial charge in [-0.05, 0) is 13.8 Å². The van der Waals surface area contributed by atoms with Crippen LogP contribution in [-0.4, -0.2) is 46.8 Å². The van der Waals surface area contributed by atoms with Crippen molar-refractivity contribution in [3.63, 3.8) is 0 Å². The predicted octanol–water partition coefficient (Wildman–Crippen LogP) is -0.483. The minimum absolute atomic E-state index is 0.265. The maximum atomic E-state index is 9.30. The first kappa shape index (κ1) is 11.8. The highest BCUT2D eigenvalue weighted by Crippen LogP contribution is 2.07. The van der Waals surface area contributed by atoms with Gasteiger partial charge in [-0.3, -0.25) is 0 Å². The Balaban J connectivity index is 3.31. The van der Waals surface area contributed by atoms with Gasteiger partial charge in [0.1, 0.15) is 0 Å². The first-order valence-electron chi connectivity index (χ1n) is 4.07. The zero-order valence-electron chi connectivity index (χ0n) is 7.66. The van der Waals surface area contributed by atoms with Crippen LogP contribution in [0.3, 0.4) is 0 Å². The second-order valence-electron chi connectivity index (χ2n) is 3.33. The maximum absolute atomic E-state index is 9.30. The van der Waals surface area contributed by atoms with Gasteiger partial charge in [0.25, 0.3) is 0 Å². The quantitative estimate of drug-likeness (QED) is 0.480. The maximum Gasteiger partial charge on any atom is 0.0871 e. The Labute approximate surface area is 72.8 Å². The molecule has 0 saturated carbocycles. The number of hydrogen-bond acceptors (Lipinski definition) is 4. The topological polar surface area (TPSA) is 69.9 Å². The molecule has 4 heteroatoms. The van der Waals surface area contributed by atoms with E-state index in [4.69, 9.17) is 14.9 Å². The molecule has 4 nitrogen and oxygen atoms in total. The molecule has 3 N–H and O–H groups in total. The van der Waals surface area contributed by atoms with Gasteiger partial charge in [-0.1, -0.05) is 0 Å². The highest BCUT2D eigenvalue weighted by Gasteiger charge is 2.18. The zero-order chi connectivity index (χ0) is 9.61. The van der Waals surface area contributed by atoms with E-state index < -0.39 is 11.7 Å². The fourth-order valence-corrected chi connectivity index (χ4v) is 0.625. The van der Waals surface area contributed by atoms with E-state index in [1.165, 1.54) is 0 Å². The van der Waals surface area contributed by atoms with Gasteiger partial charge < -0.3 is 20.1 Å². The molecule has 0 aliphatic rings. The summed E-state index contributed by atoms with van der Waals surface area (Å²) >= 11 is 0. The molecule has 0 radical (unpaired) electrons. The van der Waals surface area contributed by atoms with Crippen LogP contribution in [0.1, 0.15) is 20.3 Å². The molecular weight excluding hydrogens is 160 g/mol. The molecule has 0 heterocycles. The van der Waals surface area contributed by atoms with Crippen molar-refractivity contribution in [2.45, 2.75) is 32.0 Å². The van der Waals surface area contributed by atoms with Crippen molar-refractivity contribution in [2.75, 3.05) is 19.8 Å². The van der Waals surface area contributed by atoms with Gasteiger partial charge in [-0.15, -0.1) is 0 Å². The van der Waals surface area contributed by atoms with Crippen molar-refractivity contribution in [3.8, 4) is 0 Å². The van der Waals surface area contributed by atoms with E-state index >= 15 is 0 Å². The summed E-state index contributed by atoms with van der Waals surface area (Å²) in [6.07, 6.45) is -0.111. The number of hydrogen-bond donors (Lipinski definition) is 3. The van der Waals surface area contributed by atoms with Crippen molar-refractivity contribution >= 4 is 0 Å². The van der Waals surface area contributed by atoms with Crippen LogP contribution in [0.4, 0.5) is 0 Å². The summed E-state index contributed by atoms with van der Waals surface area (Å²) < 4.78 is 5.01. The lowest BCUT2D eigenvalue weighted by Crippen LogP contribution is -2.30. The van der Waals surface area contributed by atoms with E-state index in [0.717, 1.165) is 0 Å². The van der Waals surface area contributed by atoms with Crippen molar-refractivity contribution < 1.29 is 20.1 Å². The monoisotopic (exact) mass is 178 g/mol. The molecule has 0 amide bonds. The van der Waals surface area contributed by atoms with Crippen molar-refractivity contribution in [2.24, 2.45) is 0 Å². The van der Waals surface area contributed by atoms with Crippen molar-refractivity contribution in [1.29, 1.82) is 0 Å². The van der Waals surface area contributed by atoms with Crippen LogP contribution < -0.4 is 0 Å². The van der Waals surface area contributed by atoms with E-state index in [-0.39, 0.29) is 13.2 Å². The van der Waals surface area contributed by atoms with Crippen LogP contribution in [0, 0.1) is 0 Å². The summed E-state index contributed by atoms with van der Waals surface area (Å²) in [7, 11) is 0. The zero-order valence-corrected chi connectivity index (χ0v) is 7.66. The minimum Gasteiger partial charge on any atom is -0.393 e. The molecule has 0 saturated heterocycles. The lowest BCUT2D eigenvalue weighted by Gasteiger charge is -2.19. The second kappa shape index (κ2) is 5.48. The minimum atomic E-state index is -1.07. The number of rotatable bonds is 6. The smallest absolute Gasteiger partial charge is 0.0871 e. The Bertz CT molecular complexity index is 112. The molecule has 0 fully saturated rings. The molecule has 0 aromatic rings. The van der Waals surface area contributed by atoms with Crippen LogP contribution in [0.2, 0.25) is 0 Å². The molecule has 0 rings (SSSR count). The summed E-state index contributed by atoms with van der Waals surface area (Å²) in [4.78, 5) is 0. The van der Waals surface area contributed by atoms with Crippen LogP contribution in [0.25, 0.3) is 0 Å². The van der Waals surface area contributed by atoms with E-state index in [1.54, 1.807) is 13.8 Å². The molecule has 0 aliphatic carbocycles. The molecule has 2 unspecified atom stereocenters. The summed E-state index contributed by atoms with van der Waals surface area (Å²) in [5.74, 6) is 0. The Morgan fingerprint density at radius 3 is 2.50 bits per heavy atom. The molecule has 0 spiro atoms. The second-order valence-corrected chi connectivity index (χ2v) is 3.33. The molecule has 0 aliphatic heterocycles. The van der Waals surface area contributed by atoms with Crippen molar-refractivity contribution in [1.82, 2.24) is 0 Å². The Morgan fingerprint density at radius 2 is 2.08 bits per heavy atom. The highest BCUT2D eigenvalue weighted by atomic mass is 16.5. The molecule has 0 bridgehead atoms. The Hall–Kier alpha value is -0.160. The van der Waals surface area contributed by atoms with E-state index in [1.807, 2.05) is 0 Å². The fraction of sp³-hybridized carbons (Fsp3) is 1.00. The third-order valence-corrected chi connectivity index (χ3v) is 1.48. The van der Waals surface area contributed by atoms with E-state index in [2.05, 4.69) is 0 Å². The van der Waals surface area contributed by atoms with Gasteiger partial charge in [-0.25, -0.2) is 0 Å². The third kappa shape index (κ3) is 6.54. The summed E-state index contributed by atoms with van der Waals surface area (Å²) in [6.45, 7) is 3.51. The van der Waals surface area contributed by atoms with Gasteiger partial charge in [0.05, 0.1) is 24.9 Å². The standard InChI is InChI=1S/C8H18O4/c1-7(10)5-12-4-3-8(2,11)6-9/h7,9-11H,3-6H2,1-2H3. The van der Waals surface area contributed by atoms with E-state index in [9.17, 15) is 5.11 Å². The SMILES string of the molecule is CC(O)COCCC(C)(O)CO. The lowest BCUT2D eigenvalue weighted by molar-refractivity contribution is -0.0357. The highest BCUT2D eigenvalue weighted by molar-refractivity contribution is 4.69. The lowest BCUT2D eigenvalue weighted by atomic mass is 10.1. The Morgan fingerprint density at radius 1 is 1.50 bits per heavy atom. The van der Waals surface area contributed by atoms with Gasteiger partial charge in [0.2, 0.25) is 0 Å². The first-order valence-corrected chi connectivity index (χ1v) is 4.07. The number of aliphatic hydroxyl groups excluding tert-OH is 2. The summed E-state index contributed by atoms with van der Waals surface area (Å²) in [5.41, 5.74) is -1.07. The first-order chi connectivity index (χ1) is 5.48. The van der Waals surface area contributed by atoms with E-state index in [0.29, 0.717) is 13.0 Å². The molecule has 0 aromatic carbocycles. The Kier molecular flexibility index (Phi) is 5.41. The number of aliphatic hydroxyl groups is 3. The average Bonchev–Trinajstić information content (AvgIpc) is 1.98. The molecular formula is C8H18O4. The number of ether oxygens (including phenoxy) is 1. The van der Waals surface area contributed by atoms with Gasteiger partial charge >= 0.3 is 0 Å². The molecule has 0 aromatic heterocycles. The average molecular weight is 178 g/mol. The largest absolute Gasteiger partial charge is 0.393 e. The predicted molar refractivity (Wildman–Crippen MR) is 44.8 cm³/mol. The third-order valence-electron chi connectivity index (χ3n) is 1.48.